The molecule has 0 saturated carbocycles. The van der Waals surface area contributed by atoms with Gasteiger partial charge in [0.25, 0.3) is 0 Å². The highest BCUT2D eigenvalue weighted by Crippen LogP contribution is 2.35. The van der Waals surface area contributed by atoms with Crippen molar-refractivity contribution in [2.45, 2.75) is 79.1 Å². The van der Waals surface area contributed by atoms with Gasteiger partial charge < -0.3 is 14.7 Å². The number of hydrogen-bond acceptors (Lipinski definition) is 5. The smallest absolute Gasteiger partial charge is 0.305 e. The van der Waals surface area contributed by atoms with Gasteiger partial charge in [0.15, 0.2) is 0 Å². The van der Waals surface area contributed by atoms with Crippen molar-refractivity contribution in [2.24, 2.45) is 0 Å². The van der Waals surface area contributed by atoms with Gasteiger partial charge in [-0.15, -0.1) is 0 Å². The Bertz CT molecular complexity index is 1760. The number of methoxy groups -OCH3 is 1. The number of allylic oxidation sites excluding steroid dienone is 2. The van der Waals surface area contributed by atoms with Crippen LogP contribution in [-0.2, 0) is 34.2 Å². The Kier molecular flexibility index (Phi) is 7.14. The van der Waals surface area contributed by atoms with E-state index in [4.69, 9.17) is 14.7 Å². The number of H-pyrrole nitrogens is 2. The maximum Gasteiger partial charge on any atom is 0.305 e. The molecule has 5 rings (SSSR count). The second kappa shape index (κ2) is 10.4. The third kappa shape index (κ3) is 4.95. The van der Waals surface area contributed by atoms with E-state index in [2.05, 4.69) is 81.8 Å². The van der Waals surface area contributed by atoms with Gasteiger partial charge in [-0.05, 0) is 98.2 Å². The summed E-state index contributed by atoms with van der Waals surface area (Å²) in [6, 6.07) is 10.8. The molecule has 2 aliphatic heterocycles. The first kappa shape index (κ1) is 27.4. The van der Waals surface area contributed by atoms with Crippen LogP contribution in [0, 0.1) is 25.2 Å². The van der Waals surface area contributed by atoms with E-state index >= 15 is 0 Å². The summed E-state index contributed by atoms with van der Waals surface area (Å²) in [6.45, 7) is 12.9. The lowest BCUT2D eigenvalue weighted by molar-refractivity contribution is -0.140. The third-order valence-electron chi connectivity index (χ3n) is 8.52. The second-order valence-corrected chi connectivity index (χ2v) is 11.6. The number of aromatic nitrogens is 4. The van der Waals surface area contributed by atoms with Crippen molar-refractivity contribution in [3.63, 3.8) is 0 Å². The molecule has 0 unspecified atom stereocenters. The molecule has 0 saturated heterocycles. The first-order chi connectivity index (χ1) is 19.0. The van der Waals surface area contributed by atoms with Crippen molar-refractivity contribution in [3.8, 4) is 6.07 Å². The van der Waals surface area contributed by atoms with E-state index in [9.17, 15) is 10.1 Å². The fourth-order valence-corrected chi connectivity index (χ4v) is 5.71. The van der Waals surface area contributed by atoms with Crippen LogP contribution in [0.15, 0.2) is 24.3 Å². The summed E-state index contributed by atoms with van der Waals surface area (Å²) in [4.78, 5) is 29.6. The number of aromatic amines is 2. The van der Waals surface area contributed by atoms with Crippen LogP contribution in [0.5, 0.6) is 0 Å². The number of carbonyl (C=O) groups excluding carboxylic acids is 1. The fourth-order valence-electron chi connectivity index (χ4n) is 5.71. The Morgan fingerprint density at radius 1 is 0.900 bits per heavy atom. The van der Waals surface area contributed by atoms with Gasteiger partial charge in [-0.3, -0.25) is 9.78 Å². The molecule has 0 radical (unpaired) electrons. The molecule has 2 aliphatic rings. The molecule has 206 valence electrons. The molecule has 3 aromatic rings. The standard InChI is InChI=1S/C33H37N5O2/c1-18-19(2)26-14-27-20(3)21(4)28(37-27)15-29-23(9-8-12-34)24(10-11-32(39)40-7)30(38-29)16-31-33(5,6)17-22(35-31)13-25(18)36-26/h13-16,36,38H,8-11,17H2,1-7H3. The van der Waals surface area contributed by atoms with Crippen molar-refractivity contribution in [3.05, 3.63) is 69.3 Å². The summed E-state index contributed by atoms with van der Waals surface area (Å²) >= 11 is 0. The Hall–Kier alpha value is -4.18. The lowest BCUT2D eigenvalue weighted by atomic mass is 9.86. The molecular weight excluding hydrogens is 498 g/mol. The van der Waals surface area contributed by atoms with Gasteiger partial charge in [-0.2, -0.15) is 5.26 Å². The van der Waals surface area contributed by atoms with Gasteiger partial charge in [0, 0.05) is 58.1 Å². The van der Waals surface area contributed by atoms with Gasteiger partial charge >= 0.3 is 5.97 Å². The zero-order chi connectivity index (χ0) is 28.8. The van der Waals surface area contributed by atoms with Gasteiger partial charge in [0.05, 0.1) is 24.6 Å². The molecule has 7 nitrogen and oxygen atoms in total. The highest BCUT2D eigenvalue weighted by Gasteiger charge is 2.29. The van der Waals surface area contributed by atoms with Gasteiger partial charge in [0.1, 0.15) is 0 Å². The van der Waals surface area contributed by atoms with Crippen LogP contribution < -0.4 is 0 Å². The number of carbonyl (C=O) groups is 1. The van der Waals surface area contributed by atoms with E-state index in [1.54, 1.807) is 0 Å². The van der Waals surface area contributed by atoms with Crippen LogP contribution >= 0.6 is 0 Å². The molecule has 7 heteroatoms. The monoisotopic (exact) mass is 535 g/mol. The topological polar surface area (TPSA) is 107 Å². The molecule has 0 spiro atoms. The Morgan fingerprint density at radius 3 is 2.12 bits per heavy atom. The van der Waals surface area contributed by atoms with E-state index in [1.165, 1.54) is 18.2 Å². The van der Waals surface area contributed by atoms with Crippen molar-refractivity contribution >= 4 is 39.2 Å². The molecule has 0 aliphatic carbocycles. The predicted molar refractivity (Wildman–Crippen MR) is 160 cm³/mol. The molecular formula is C33H37N5O2. The highest BCUT2D eigenvalue weighted by atomic mass is 16.5. The number of nitrogens with one attached hydrogen (secondary N) is 2. The van der Waals surface area contributed by atoms with E-state index in [-0.39, 0.29) is 17.8 Å². The third-order valence-corrected chi connectivity index (χ3v) is 8.52. The van der Waals surface area contributed by atoms with Gasteiger partial charge in [-0.1, -0.05) is 13.8 Å². The molecule has 0 atom stereocenters. The van der Waals surface area contributed by atoms with Gasteiger partial charge in [-0.25, -0.2) is 4.98 Å². The zero-order valence-electron chi connectivity index (χ0n) is 24.5. The number of nitriles is 1. The van der Waals surface area contributed by atoms with Crippen LogP contribution in [-0.4, -0.2) is 33.0 Å². The summed E-state index contributed by atoms with van der Waals surface area (Å²) in [5.41, 5.74) is 14.4. The molecule has 0 amide bonds. The molecule has 0 fully saturated rings. The van der Waals surface area contributed by atoms with Crippen molar-refractivity contribution in [1.82, 2.24) is 19.9 Å². The van der Waals surface area contributed by atoms with E-state index in [1.807, 2.05) is 0 Å². The summed E-state index contributed by atoms with van der Waals surface area (Å²) in [6.07, 6.45) is 2.54. The highest BCUT2D eigenvalue weighted by molar-refractivity contribution is 5.92. The molecule has 8 bridgehead atoms. The minimum atomic E-state index is -0.258. The fraction of sp³-hybridized carbons (Fsp3) is 0.394. The first-order valence-corrected chi connectivity index (χ1v) is 13.9. The number of rotatable bonds is 5. The zero-order valence-corrected chi connectivity index (χ0v) is 24.5. The van der Waals surface area contributed by atoms with Crippen LogP contribution in [0.25, 0.3) is 33.2 Å². The molecule has 40 heavy (non-hydrogen) atoms. The maximum atomic E-state index is 12.2. The average Bonchev–Trinajstić information content (AvgIpc) is 3.56. The lowest BCUT2D eigenvalue weighted by Gasteiger charge is -2.15. The number of nitrogens with zero attached hydrogens (tertiary/aromatic N) is 3. The largest absolute Gasteiger partial charge is 0.469 e. The van der Waals surface area contributed by atoms with Crippen LogP contribution in [0.2, 0.25) is 0 Å². The maximum absolute atomic E-state index is 12.2. The number of aryl methyl sites for hydroxylation is 4. The van der Waals surface area contributed by atoms with Crippen LogP contribution in [0.1, 0.15) is 85.6 Å². The van der Waals surface area contributed by atoms with E-state index < -0.39 is 0 Å². The average molecular weight is 536 g/mol. The number of ether oxygens (including phenoxy) is 1. The Balaban J connectivity index is 1.91. The first-order valence-electron chi connectivity index (χ1n) is 13.9. The van der Waals surface area contributed by atoms with Gasteiger partial charge in [0.2, 0.25) is 0 Å². The molecule has 2 N–H and O–H groups in total. The number of esters is 1. The van der Waals surface area contributed by atoms with E-state index in [0.29, 0.717) is 19.3 Å². The lowest BCUT2D eigenvalue weighted by Crippen LogP contribution is -2.15. The predicted octanol–water partition coefficient (Wildman–Crippen LogP) is 6.96. The Labute approximate surface area is 235 Å². The molecule has 3 aromatic heterocycles. The minimum absolute atomic E-state index is 0.166. The van der Waals surface area contributed by atoms with E-state index in [0.717, 1.165) is 73.5 Å². The summed E-state index contributed by atoms with van der Waals surface area (Å²) < 4.78 is 4.95. The minimum Gasteiger partial charge on any atom is -0.469 e. The number of hydrogen-bond donors (Lipinski definition) is 2. The SMILES string of the molecule is COC(=O)CCc1c(CCC#N)c2cc3nc(cc4[nH]c(cc5nc(cc1[nH]2)C(C)(C)C5)c(C)c4C)C(C)=C3C. The van der Waals surface area contributed by atoms with Crippen molar-refractivity contribution in [1.29, 1.82) is 5.26 Å². The second-order valence-electron chi connectivity index (χ2n) is 11.6. The summed E-state index contributed by atoms with van der Waals surface area (Å²) in [7, 11) is 1.41. The molecule has 0 aromatic carbocycles. The Morgan fingerprint density at radius 2 is 1.48 bits per heavy atom. The molecule has 5 heterocycles. The summed E-state index contributed by atoms with van der Waals surface area (Å²) in [5.74, 6) is -0.258. The van der Waals surface area contributed by atoms with Crippen molar-refractivity contribution in [2.75, 3.05) is 7.11 Å². The van der Waals surface area contributed by atoms with Crippen LogP contribution in [0.4, 0.5) is 0 Å². The number of fused-ring (bicyclic) bond motifs is 8. The normalized spacial score (nSPS) is 14.3. The quantitative estimate of drug-likeness (QED) is 0.343. The summed E-state index contributed by atoms with van der Waals surface area (Å²) in [5, 5.41) is 9.45. The van der Waals surface area contributed by atoms with Crippen LogP contribution in [0.3, 0.4) is 0 Å². The van der Waals surface area contributed by atoms with Crippen molar-refractivity contribution < 1.29 is 9.53 Å².